The second-order valence-corrected chi connectivity index (χ2v) is 14.3. The van der Waals surface area contributed by atoms with Gasteiger partial charge in [-0.05, 0) is 102 Å². The highest BCUT2D eigenvalue weighted by molar-refractivity contribution is 6.71. The zero-order valence-electron chi connectivity index (χ0n) is 31.3. The molecule has 9 rings (SSSR count). The predicted octanol–water partition coefficient (Wildman–Crippen LogP) is 2.91. The van der Waals surface area contributed by atoms with Crippen LogP contribution in [0.2, 0.25) is 0 Å². The van der Waals surface area contributed by atoms with E-state index in [0.717, 1.165) is 62.3 Å². The number of imidazole rings is 1. The molecule has 1 aromatic heterocycles. The summed E-state index contributed by atoms with van der Waals surface area (Å²) in [5.74, 6) is 0.976. The first-order valence-corrected chi connectivity index (χ1v) is 18.7. The maximum atomic E-state index is 7.04. The Morgan fingerprint density at radius 1 is 0.404 bits per heavy atom. The Balaban J connectivity index is 1.36. The van der Waals surface area contributed by atoms with Gasteiger partial charge in [0.1, 0.15) is 68.6 Å². The summed E-state index contributed by atoms with van der Waals surface area (Å²) in [5, 5.41) is 2.30. The van der Waals surface area contributed by atoms with Crippen molar-refractivity contribution in [3.05, 3.63) is 133 Å². The third-order valence-corrected chi connectivity index (χ3v) is 11.1. The zero-order chi connectivity index (χ0) is 39.7. The van der Waals surface area contributed by atoms with Crippen LogP contribution >= 0.6 is 0 Å². The van der Waals surface area contributed by atoms with Crippen molar-refractivity contribution in [3.8, 4) is 50.2 Å². The lowest BCUT2D eigenvalue weighted by atomic mass is 9.59. The van der Waals surface area contributed by atoms with E-state index >= 15 is 0 Å². The lowest BCUT2D eigenvalue weighted by Gasteiger charge is -2.28. The van der Waals surface area contributed by atoms with E-state index in [9.17, 15) is 0 Å². The van der Waals surface area contributed by atoms with Crippen LogP contribution in [-0.2, 0) is 6.42 Å². The van der Waals surface area contributed by atoms with Crippen LogP contribution in [0.1, 0.15) is 12.7 Å². The molecular formula is C47H26B8N2. The van der Waals surface area contributed by atoms with Crippen LogP contribution in [-0.4, -0.2) is 72.3 Å². The van der Waals surface area contributed by atoms with Crippen molar-refractivity contribution in [2.24, 2.45) is 0 Å². The molecule has 0 saturated heterocycles. The van der Waals surface area contributed by atoms with Crippen molar-refractivity contribution in [1.29, 1.82) is 0 Å². The van der Waals surface area contributed by atoms with E-state index in [4.69, 9.17) is 67.8 Å². The largest absolute Gasteiger partial charge is 0.296 e. The number of para-hydroxylation sites is 2. The molecule has 2 nitrogen and oxygen atoms in total. The summed E-state index contributed by atoms with van der Waals surface area (Å²) >= 11 is 0. The first-order chi connectivity index (χ1) is 27.6. The molecule has 0 N–H and O–H groups in total. The van der Waals surface area contributed by atoms with Crippen LogP contribution in [0.3, 0.4) is 0 Å². The third-order valence-electron chi connectivity index (χ3n) is 11.1. The number of aryl methyl sites for hydroxylation is 1. The molecule has 248 valence electrons. The number of hydrogen-bond donors (Lipinski definition) is 0. The number of aromatic nitrogens is 2. The Labute approximate surface area is 343 Å². The molecular weight excluding hydrogens is 679 g/mol. The van der Waals surface area contributed by atoms with Crippen molar-refractivity contribution >= 4 is 139 Å². The molecule has 0 spiro atoms. The van der Waals surface area contributed by atoms with Crippen LogP contribution in [0.4, 0.5) is 0 Å². The first-order valence-electron chi connectivity index (χ1n) is 18.7. The Hall–Kier alpha value is -5.73. The zero-order valence-corrected chi connectivity index (χ0v) is 31.3. The summed E-state index contributed by atoms with van der Waals surface area (Å²) in [6, 6.07) is 42.9. The van der Waals surface area contributed by atoms with Gasteiger partial charge in [0.25, 0.3) is 0 Å². The topological polar surface area (TPSA) is 17.8 Å². The first kappa shape index (κ1) is 36.9. The monoisotopic (exact) mass is 706 g/mol. The lowest BCUT2D eigenvalue weighted by Crippen LogP contribution is -2.50. The van der Waals surface area contributed by atoms with Gasteiger partial charge in [0.15, 0.2) is 0 Å². The van der Waals surface area contributed by atoms with Gasteiger partial charge in [0, 0.05) is 12.1 Å². The van der Waals surface area contributed by atoms with Gasteiger partial charge in [-0.15, -0.1) is 21.9 Å². The average molecular weight is 705 g/mol. The van der Waals surface area contributed by atoms with Crippen molar-refractivity contribution in [2.45, 2.75) is 13.3 Å². The van der Waals surface area contributed by atoms with Gasteiger partial charge in [-0.1, -0.05) is 120 Å². The minimum atomic E-state index is 0.169. The van der Waals surface area contributed by atoms with Crippen molar-refractivity contribution < 1.29 is 0 Å². The molecule has 0 bridgehead atoms. The smallest absolute Gasteiger partial charge is 0.114 e. The molecule has 0 aliphatic rings. The van der Waals surface area contributed by atoms with Crippen LogP contribution in [0.5, 0.6) is 0 Å². The van der Waals surface area contributed by atoms with Gasteiger partial charge >= 0.3 is 0 Å². The second-order valence-electron chi connectivity index (χ2n) is 14.3. The standard InChI is InChI=1S/C47H26B8N2/c1-2-33-56-31-19-6-7-20-32(31)57(33)30-18-10-15-27(23-30)26-14-9-17-29(22-26)35-38-36(40(48)44(52)46(54)42(38)50)34(37-39(35)43(51)47(55)45(53)41(37)49)28-16-8-13-25(21-28)24-11-4-3-5-12-24/h3-23H,2H2,1H3. The van der Waals surface area contributed by atoms with Crippen LogP contribution in [0.25, 0.3) is 82.8 Å². The van der Waals surface area contributed by atoms with Crippen LogP contribution in [0, 0.1) is 0 Å². The van der Waals surface area contributed by atoms with Crippen LogP contribution < -0.4 is 43.7 Å². The quantitative estimate of drug-likeness (QED) is 0.193. The highest BCUT2D eigenvalue weighted by Gasteiger charge is 2.25. The van der Waals surface area contributed by atoms with E-state index < -0.39 is 0 Å². The molecule has 57 heavy (non-hydrogen) atoms. The number of hydrogen-bond acceptors (Lipinski definition) is 1. The van der Waals surface area contributed by atoms with Gasteiger partial charge in [-0.3, -0.25) is 4.57 Å². The summed E-state index contributed by atoms with van der Waals surface area (Å²) in [5.41, 5.74) is 11.6. The van der Waals surface area contributed by atoms with E-state index in [-0.39, 0.29) is 43.7 Å². The highest BCUT2D eigenvalue weighted by atomic mass is 15.1. The Kier molecular flexibility index (Phi) is 9.27. The van der Waals surface area contributed by atoms with Gasteiger partial charge < -0.3 is 0 Å². The van der Waals surface area contributed by atoms with Crippen molar-refractivity contribution in [1.82, 2.24) is 9.55 Å². The number of benzene rings is 8. The number of rotatable bonds is 6. The molecule has 10 heteroatoms. The Morgan fingerprint density at radius 2 is 0.807 bits per heavy atom. The number of fused-ring (bicyclic) bond motifs is 3. The molecule has 0 fully saturated rings. The van der Waals surface area contributed by atoms with Crippen molar-refractivity contribution in [3.63, 3.8) is 0 Å². The molecule has 0 amide bonds. The summed E-state index contributed by atoms with van der Waals surface area (Å²) in [6.45, 7) is 2.11. The predicted molar refractivity (Wildman–Crippen MR) is 250 cm³/mol. The maximum Gasteiger partial charge on any atom is 0.114 e. The van der Waals surface area contributed by atoms with E-state index in [1.807, 2.05) is 66.7 Å². The minimum Gasteiger partial charge on any atom is -0.296 e. The van der Waals surface area contributed by atoms with E-state index in [0.29, 0.717) is 32.7 Å². The fourth-order valence-electron chi connectivity index (χ4n) is 8.29. The summed E-state index contributed by atoms with van der Waals surface area (Å²) in [6.07, 6.45) is 0.775. The molecule has 0 aliphatic heterocycles. The highest BCUT2D eigenvalue weighted by Crippen LogP contribution is 2.42. The molecule has 16 radical (unpaired) electrons. The van der Waals surface area contributed by atoms with Crippen LogP contribution in [0.15, 0.2) is 127 Å². The van der Waals surface area contributed by atoms with E-state index in [1.54, 1.807) is 0 Å². The fourth-order valence-corrected chi connectivity index (χ4v) is 8.29. The molecule has 9 aromatic rings. The van der Waals surface area contributed by atoms with Gasteiger partial charge in [0.2, 0.25) is 0 Å². The normalized spacial score (nSPS) is 11.5. The average Bonchev–Trinajstić information content (AvgIpc) is 3.64. The lowest BCUT2D eigenvalue weighted by molar-refractivity contribution is 0.908. The molecule has 0 aliphatic carbocycles. The SMILES string of the molecule is [B]c1c([B])c([B])c2c(-c3cccc(-c4cccc(-n5c(CC)nc6ccccc65)c4)c3)c3c([B])c([B])c([B])c([B])c3c(-c3cccc(-c4ccccc4)c3)c2c1[B]. The Morgan fingerprint density at radius 3 is 1.32 bits per heavy atom. The van der Waals surface area contributed by atoms with E-state index in [2.05, 4.69) is 72.2 Å². The molecule has 0 atom stereocenters. The summed E-state index contributed by atoms with van der Waals surface area (Å²) < 4.78 is 2.21. The van der Waals surface area contributed by atoms with Gasteiger partial charge in [-0.25, -0.2) is 4.98 Å². The Bertz CT molecular complexity index is 3020. The minimum absolute atomic E-state index is 0.169. The van der Waals surface area contributed by atoms with Gasteiger partial charge in [-0.2, -0.15) is 0 Å². The third kappa shape index (κ3) is 5.87. The van der Waals surface area contributed by atoms with Crippen molar-refractivity contribution in [2.75, 3.05) is 0 Å². The summed E-state index contributed by atoms with van der Waals surface area (Å²) in [7, 11) is 54.7. The van der Waals surface area contributed by atoms with E-state index in [1.165, 1.54) is 0 Å². The maximum absolute atomic E-state index is 7.04. The summed E-state index contributed by atoms with van der Waals surface area (Å²) in [4.78, 5) is 4.91. The molecule has 1 heterocycles. The van der Waals surface area contributed by atoms with Gasteiger partial charge in [0.05, 0.1) is 11.0 Å². The molecule has 8 aromatic carbocycles. The molecule has 0 saturated carbocycles. The number of nitrogens with zero attached hydrogens (tertiary/aromatic N) is 2. The fraction of sp³-hybridized carbons (Fsp3) is 0.0426. The second kappa shape index (κ2) is 14.3. The molecule has 0 unspecified atom stereocenters.